The topological polar surface area (TPSA) is 11.4 Å². The lowest BCUT2D eigenvalue weighted by Gasteiger charge is -2.48. The molecule has 1 aliphatic carbocycles. The first-order valence-electron chi connectivity index (χ1n) is 29.1. The number of para-hydroxylation sites is 5. The minimum absolute atomic E-state index is 0.647. The zero-order valence-electron chi connectivity index (χ0n) is 45.9. The van der Waals surface area contributed by atoms with Crippen molar-refractivity contribution in [1.82, 2.24) is 4.57 Å². The fraction of sp³-hybridized carbons (Fsp3) is 0.0500. The fourth-order valence-corrected chi connectivity index (χ4v) is 14.5. The maximum absolute atomic E-state index is 2.71. The predicted molar refractivity (Wildman–Crippen MR) is 346 cm³/mol. The van der Waals surface area contributed by atoms with Gasteiger partial charge in [0.15, 0.2) is 0 Å². The summed E-state index contributed by atoms with van der Waals surface area (Å²) >= 11 is 0. The van der Waals surface area contributed by atoms with Crippen LogP contribution in [0.3, 0.4) is 0 Å². The number of anilines is 6. The number of benzene rings is 12. The molecule has 1 unspecified atom stereocenters. The minimum atomic E-state index is -0.716. The van der Waals surface area contributed by atoms with Crippen LogP contribution in [0, 0.1) is 0 Å². The van der Waals surface area contributed by atoms with Gasteiger partial charge in [-0.2, -0.15) is 0 Å². The van der Waals surface area contributed by atoms with Crippen molar-refractivity contribution < 1.29 is 0 Å². The van der Waals surface area contributed by atoms with Gasteiger partial charge in [0.05, 0.1) is 27.6 Å². The number of allylic oxidation sites excluding steroid dienone is 4. The third-order valence-corrected chi connectivity index (χ3v) is 17.9. The molecule has 1 aromatic heterocycles. The monoisotopic (exact) mass is 1060 g/mol. The highest BCUT2D eigenvalue weighted by molar-refractivity contribution is 6.17. The Morgan fingerprint density at radius 1 is 0.301 bits per heavy atom. The number of nitrogens with zero attached hydrogens (tertiary/aromatic N) is 3. The second-order valence-corrected chi connectivity index (χ2v) is 22.2. The number of fused-ring (bicyclic) bond motifs is 1. The molecule has 3 heteroatoms. The molecule has 12 aromatic carbocycles. The minimum Gasteiger partial charge on any atom is -0.311 e. The van der Waals surface area contributed by atoms with E-state index in [2.05, 4.69) is 336 Å². The normalized spacial score (nSPS) is 15.3. The zero-order valence-corrected chi connectivity index (χ0v) is 45.9. The van der Waals surface area contributed by atoms with Crippen molar-refractivity contribution in [2.24, 2.45) is 0 Å². The van der Waals surface area contributed by atoms with E-state index >= 15 is 0 Å². The summed E-state index contributed by atoms with van der Waals surface area (Å²) in [6, 6.07) is 113. The molecule has 392 valence electrons. The quantitative estimate of drug-likeness (QED) is 0.121. The Labute approximate surface area is 485 Å². The molecule has 0 fully saturated rings. The lowest BCUT2D eigenvalue weighted by atomic mass is 9.57. The van der Waals surface area contributed by atoms with Gasteiger partial charge >= 0.3 is 0 Å². The van der Waals surface area contributed by atoms with Crippen LogP contribution in [0.25, 0.3) is 49.7 Å². The van der Waals surface area contributed by atoms with Crippen LogP contribution in [-0.4, -0.2) is 4.57 Å². The van der Waals surface area contributed by atoms with Crippen molar-refractivity contribution in [1.29, 1.82) is 0 Å². The van der Waals surface area contributed by atoms with Crippen LogP contribution in [0.2, 0.25) is 0 Å². The summed E-state index contributed by atoms with van der Waals surface area (Å²) in [7, 11) is 0. The molecule has 0 saturated heterocycles. The van der Waals surface area contributed by atoms with E-state index in [1.54, 1.807) is 0 Å². The van der Waals surface area contributed by atoms with E-state index < -0.39 is 10.8 Å². The average molecular weight is 1060 g/mol. The van der Waals surface area contributed by atoms with Crippen LogP contribution in [-0.2, 0) is 10.8 Å². The molecule has 0 amide bonds. The lowest BCUT2D eigenvalue weighted by molar-refractivity contribution is 0.648. The lowest BCUT2D eigenvalue weighted by Crippen LogP contribution is -2.41. The molecule has 83 heavy (non-hydrogen) atoms. The van der Waals surface area contributed by atoms with Gasteiger partial charge in [-0.3, -0.25) is 0 Å². The van der Waals surface area contributed by atoms with Gasteiger partial charge in [0.1, 0.15) is 0 Å². The van der Waals surface area contributed by atoms with Crippen LogP contribution < -0.4 is 9.80 Å². The predicted octanol–water partition coefficient (Wildman–Crippen LogP) is 20.7. The van der Waals surface area contributed by atoms with Crippen molar-refractivity contribution in [3.8, 4) is 27.9 Å². The number of aromatic nitrogens is 1. The van der Waals surface area contributed by atoms with E-state index in [-0.39, 0.29) is 0 Å². The summed E-state index contributed by atoms with van der Waals surface area (Å²) in [6.07, 6.45) is 8.99. The Bertz CT molecular complexity index is 4490. The van der Waals surface area contributed by atoms with Crippen LogP contribution >= 0.6 is 0 Å². The Morgan fingerprint density at radius 2 is 0.651 bits per heavy atom. The maximum atomic E-state index is 2.71. The van der Waals surface area contributed by atoms with Gasteiger partial charge in [0.25, 0.3) is 0 Å². The zero-order chi connectivity index (χ0) is 54.9. The fourth-order valence-electron chi connectivity index (χ4n) is 14.5. The molecule has 3 heterocycles. The second-order valence-electron chi connectivity index (χ2n) is 22.2. The molecule has 3 aliphatic rings. The summed E-state index contributed by atoms with van der Waals surface area (Å²) in [4.78, 5) is 4.69. The number of rotatable bonds is 12. The van der Waals surface area contributed by atoms with Crippen LogP contribution in [0.4, 0.5) is 34.1 Å². The number of hydrogen-bond acceptors (Lipinski definition) is 2. The van der Waals surface area contributed by atoms with Crippen molar-refractivity contribution in [2.45, 2.75) is 23.7 Å². The Hall–Kier alpha value is -10.5. The molecule has 2 aliphatic heterocycles. The smallest absolute Gasteiger partial charge is 0.0742 e. The van der Waals surface area contributed by atoms with E-state index in [4.69, 9.17) is 0 Å². The Morgan fingerprint density at radius 3 is 1.04 bits per heavy atom. The van der Waals surface area contributed by atoms with E-state index in [1.807, 2.05) is 0 Å². The van der Waals surface area contributed by atoms with E-state index in [0.29, 0.717) is 0 Å². The van der Waals surface area contributed by atoms with E-state index in [0.717, 1.165) is 52.5 Å². The highest BCUT2D eigenvalue weighted by atomic mass is 15.1. The first-order chi connectivity index (χ1) is 41.2. The first-order valence-corrected chi connectivity index (χ1v) is 29.1. The van der Waals surface area contributed by atoms with Gasteiger partial charge in [-0.15, -0.1) is 0 Å². The first kappa shape index (κ1) is 48.4. The summed E-state index contributed by atoms with van der Waals surface area (Å²) in [5, 5.41) is 2.49. The molecule has 13 aromatic rings. The van der Waals surface area contributed by atoms with Gasteiger partial charge in [0.2, 0.25) is 0 Å². The molecular weight excluding hydrogens is 1000 g/mol. The maximum Gasteiger partial charge on any atom is 0.0742 e. The summed E-state index contributed by atoms with van der Waals surface area (Å²) in [5.74, 6) is 0. The van der Waals surface area contributed by atoms with Crippen molar-refractivity contribution in [3.63, 3.8) is 0 Å². The molecule has 0 N–H and O–H groups in total. The number of hydrogen-bond donors (Lipinski definition) is 0. The van der Waals surface area contributed by atoms with Crippen molar-refractivity contribution >= 4 is 55.9 Å². The SMILES string of the molecule is C1=CCCC(C2(c3ccccc3)c3cccc4c3-n3c5c2cc(-c2ccc(N(c6ccccc6)c6ccccc6)cc2)cc5c2cc(-c5ccc(N(c6ccccc6)c6ccccc6)cc5)cc(c23)C4(c2ccccc2)c2ccccc2)=C1. The summed E-state index contributed by atoms with van der Waals surface area (Å²) in [5.41, 5.74) is 24.1. The molecule has 3 nitrogen and oxygen atoms in total. The van der Waals surface area contributed by atoms with Gasteiger partial charge in [-0.1, -0.05) is 230 Å². The largest absolute Gasteiger partial charge is 0.311 e. The highest BCUT2D eigenvalue weighted by Crippen LogP contribution is 2.63. The van der Waals surface area contributed by atoms with E-state index in [9.17, 15) is 0 Å². The van der Waals surface area contributed by atoms with Gasteiger partial charge in [-0.25, -0.2) is 0 Å². The molecule has 0 radical (unpaired) electrons. The highest BCUT2D eigenvalue weighted by Gasteiger charge is 2.53. The average Bonchev–Trinajstić information content (AvgIpc) is 1.66. The molecule has 1 atom stereocenters. The third kappa shape index (κ3) is 7.44. The van der Waals surface area contributed by atoms with Gasteiger partial charge in [0, 0.05) is 44.9 Å². The molecule has 0 spiro atoms. The molecule has 16 rings (SSSR count). The Balaban J connectivity index is 1.02. The second kappa shape index (κ2) is 19.7. The summed E-state index contributed by atoms with van der Waals surface area (Å²) in [6.45, 7) is 0. The van der Waals surface area contributed by atoms with Crippen molar-refractivity contribution in [2.75, 3.05) is 9.80 Å². The van der Waals surface area contributed by atoms with Crippen LogP contribution in [0.1, 0.15) is 51.8 Å². The molecular formula is C80H57N3. The van der Waals surface area contributed by atoms with Gasteiger partial charge in [-0.05, 0) is 171 Å². The molecule has 0 bridgehead atoms. The third-order valence-electron chi connectivity index (χ3n) is 17.9. The molecule has 0 saturated carbocycles. The van der Waals surface area contributed by atoms with Crippen LogP contribution in [0.5, 0.6) is 0 Å². The standard InChI is InChI=1S/C80H57N3/c1-9-26-60(27-10-1)79(61-28-11-2-12-29-61)72-42-25-43-73-78(72)83-76-70(52-58(54-74(76)79)56-44-48-68(49-45-56)81(64-34-17-5-18-35-64)65-36-19-6-20-37-65)71-53-59(55-75(77(71)83)80(73,62-30-13-3-14-31-62)63-32-15-4-16-33-63)57-46-50-69(51-47-57)82(66-38-21-7-22-39-66)67-40-23-8-24-41-67/h1-15,17-32,34-55H,16,33H2. The van der Waals surface area contributed by atoms with Crippen molar-refractivity contribution in [3.05, 3.63) is 366 Å². The summed E-state index contributed by atoms with van der Waals surface area (Å²) < 4.78 is 2.71. The van der Waals surface area contributed by atoms with Gasteiger partial charge < -0.3 is 14.4 Å². The van der Waals surface area contributed by atoms with E-state index in [1.165, 1.54) is 88.7 Å². The Kier molecular flexibility index (Phi) is 11.5. The van der Waals surface area contributed by atoms with Crippen LogP contribution in [0.15, 0.2) is 327 Å².